The molecule has 14 heteroatoms. The van der Waals surface area contributed by atoms with Crippen molar-refractivity contribution in [3.05, 3.63) is 78.8 Å². The van der Waals surface area contributed by atoms with Crippen LogP contribution in [-0.4, -0.2) is 50.8 Å². The zero-order chi connectivity index (χ0) is 34.5. The molecule has 10 nitrogen and oxygen atoms in total. The van der Waals surface area contributed by atoms with Crippen LogP contribution in [0.4, 0.5) is 19.3 Å². The van der Waals surface area contributed by atoms with Crippen LogP contribution >= 0.6 is 23.2 Å². The molecule has 0 spiro atoms. The second-order valence-electron chi connectivity index (χ2n) is 12.6. The van der Waals surface area contributed by atoms with E-state index in [1.807, 2.05) is 19.9 Å². The van der Waals surface area contributed by atoms with E-state index in [1.165, 1.54) is 9.47 Å². The third kappa shape index (κ3) is 6.11. The molecule has 0 bridgehead atoms. The number of aryl methyl sites for hydroxylation is 1. The minimum absolute atomic E-state index is 0.0368. The molecule has 0 aliphatic carbocycles. The summed E-state index contributed by atoms with van der Waals surface area (Å²) < 4.78 is 38.7. The number of anilines is 1. The summed E-state index contributed by atoms with van der Waals surface area (Å²) in [5, 5.41) is 13.2. The molecule has 1 fully saturated rings. The summed E-state index contributed by atoms with van der Waals surface area (Å²) in [5.74, 6) is -2.28. The molecular weight excluding hydrogens is 651 g/mol. The van der Waals surface area contributed by atoms with Crippen LogP contribution in [0.15, 0.2) is 29.2 Å². The molecule has 0 radical (unpaired) electrons. The first-order valence-electron chi connectivity index (χ1n) is 14.9. The molecule has 1 atom stereocenters. The van der Waals surface area contributed by atoms with Crippen molar-refractivity contribution in [1.82, 2.24) is 24.8 Å². The van der Waals surface area contributed by atoms with Crippen molar-refractivity contribution in [2.24, 2.45) is 0 Å². The molecule has 47 heavy (non-hydrogen) atoms. The van der Waals surface area contributed by atoms with Gasteiger partial charge in [0.25, 0.3) is 5.56 Å². The van der Waals surface area contributed by atoms with Crippen LogP contribution in [0, 0.1) is 29.9 Å². The van der Waals surface area contributed by atoms with Crippen molar-refractivity contribution in [1.29, 1.82) is 5.26 Å². The molecular formula is C33H33Cl2F2N7O3. The minimum Gasteiger partial charge on any atom is -0.444 e. The number of piperazine rings is 1. The number of nitrogens with two attached hydrogens (primary N) is 1. The van der Waals surface area contributed by atoms with Crippen molar-refractivity contribution in [3.8, 4) is 23.0 Å². The number of halogens is 4. The van der Waals surface area contributed by atoms with Gasteiger partial charge in [-0.3, -0.25) is 19.2 Å². The molecule has 4 heterocycles. The lowest BCUT2D eigenvalue weighted by molar-refractivity contribution is 0.0119. The zero-order valence-corrected chi connectivity index (χ0v) is 28.1. The Labute approximate surface area is 280 Å². The van der Waals surface area contributed by atoms with Crippen molar-refractivity contribution < 1.29 is 18.3 Å². The fourth-order valence-electron chi connectivity index (χ4n) is 5.77. The topological polar surface area (TPSA) is 139 Å². The number of carbonyl (C=O) groups is 1. The second kappa shape index (κ2) is 12.7. The highest BCUT2D eigenvalue weighted by Crippen LogP contribution is 2.41. The van der Waals surface area contributed by atoms with E-state index in [4.69, 9.17) is 33.7 Å². The van der Waals surface area contributed by atoms with Crippen LogP contribution in [0.2, 0.25) is 10.0 Å². The third-order valence-corrected chi connectivity index (χ3v) is 8.42. The first-order valence-corrected chi connectivity index (χ1v) is 15.6. The smallest absolute Gasteiger partial charge is 0.410 e. The minimum atomic E-state index is -1.06. The Morgan fingerprint density at radius 3 is 2.57 bits per heavy atom. The number of fused-ring (bicyclic) bond motifs is 1. The maximum absolute atomic E-state index is 16.3. The first kappa shape index (κ1) is 34.0. The Morgan fingerprint density at radius 1 is 1.23 bits per heavy atom. The van der Waals surface area contributed by atoms with Crippen LogP contribution in [-0.2, 0) is 4.74 Å². The van der Waals surface area contributed by atoms with Gasteiger partial charge in [-0.2, -0.15) is 5.26 Å². The molecule has 3 N–H and O–H groups in total. The van der Waals surface area contributed by atoms with Gasteiger partial charge in [0.1, 0.15) is 34.4 Å². The van der Waals surface area contributed by atoms with Gasteiger partial charge in [-0.05, 0) is 57.4 Å². The second-order valence-corrected chi connectivity index (χ2v) is 13.4. The molecule has 4 aromatic rings. The van der Waals surface area contributed by atoms with Gasteiger partial charge < -0.3 is 15.8 Å². The summed E-state index contributed by atoms with van der Waals surface area (Å²) in [6.07, 6.45) is 0.916. The molecule has 1 aliphatic heterocycles. The lowest BCUT2D eigenvalue weighted by Crippen LogP contribution is -2.50. The van der Waals surface area contributed by atoms with Gasteiger partial charge in [-0.1, -0.05) is 37.0 Å². The van der Waals surface area contributed by atoms with Gasteiger partial charge in [-0.25, -0.2) is 18.6 Å². The van der Waals surface area contributed by atoms with Gasteiger partial charge >= 0.3 is 6.09 Å². The predicted octanol–water partition coefficient (Wildman–Crippen LogP) is 6.80. The van der Waals surface area contributed by atoms with Gasteiger partial charge in [0, 0.05) is 36.8 Å². The number of carbonyl (C=O) groups excluding carboxylic acids is 1. The maximum atomic E-state index is 16.3. The molecule has 3 aromatic heterocycles. The molecule has 1 aliphatic rings. The summed E-state index contributed by atoms with van der Waals surface area (Å²) in [7, 11) is 0. The summed E-state index contributed by atoms with van der Waals surface area (Å²) in [6.45, 7) is 11.4. The van der Waals surface area contributed by atoms with Crippen LogP contribution in [0.1, 0.15) is 69.0 Å². The van der Waals surface area contributed by atoms with Crippen LogP contribution in [0.3, 0.4) is 0 Å². The van der Waals surface area contributed by atoms with E-state index in [1.54, 1.807) is 40.0 Å². The number of rotatable bonds is 4. The third-order valence-electron chi connectivity index (χ3n) is 7.83. The van der Waals surface area contributed by atoms with Crippen LogP contribution in [0.5, 0.6) is 0 Å². The average molecular weight is 685 g/mol. The molecule has 5 rings (SSSR count). The quantitative estimate of drug-likeness (QED) is 0.177. The van der Waals surface area contributed by atoms with Crippen LogP contribution < -0.4 is 16.6 Å². The highest BCUT2D eigenvalue weighted by atomic mass is 35.5. The normalized spacial score (nSPS) is 15.3. The van der Waals surface area contributed by atoms with E-state index in [-0.39, 0.29) is 51.9 Å². The molecule has 1 saturated heterocycles. The van der Waals surface area contributed by atoms with Crippen LogP contribution in [0.25, 0.3) is 28.0 Å². The number of pyridine rings is 3. The number of amides is 1. The standard InChI is InChI=1S/C33H33Cl2F2N7O3/c1-15(2)27-29(16(3)7-8-41-27)44-30-17(11-21(36)28(42-30)24-25(37)19(34)12-20(35)26(24)39)23(18(13-38)31(44)45)22-14-40-9-10-43(22)32(46)47-33(4,5)6/h7-8,11-12,15,22,40H,9-10,14,39H2,1-6H3. The molecule has 1 amide bonds. The number of nitrogens with zero attached hydrogens (tertiary/aromatic N) is 5. The summed E-state index contributed by atoms with van der Waals surface area (Å²) in [5.41, 5.74) is 4.20. The lowest BCUT2D eigenvalue weighted by Gasteiger charge is -2.38. The molecule has 246 valence electrons. The van der Waals surface area contributed by atoms with Gasteiger partial charge in [-0.15, -0.1) is 0 Å². The number of hydrogen-bond donors (Lipinski definition) is 2. The molecule has 1 aromatic carbocycles. The number of nitrogen functional groups attached to an aromatic ring is 1. The SMILES string of the molecule is Cc1ccnc(C(C)C)c1-n1c(=O)c(C#N)c(C2CNCCN2C(=O)OC(C)(C)C)c2cc(F)c(-c3c(N)c(Cl)cc(Cl)c3F)nc21. The van der Waals surface area contributed by atoms with Gasteiger partial charge in [0.05, 0.1) is 38.7 Å². The van der Waals surface area contributed by atoms with Gasteiger partial charge in [0.2, 0.25) is 0 Å². The van der Waals surface area contributed by atoms with E-state index in [2.05, 4.69) is 15.3 Å². The van der Waals surface area contributed by atoms with E-state index in [0.717, 1.165) is 12.1 Å². The van der Waals surface area contributed by atoms with E-state index in [9.17, 15) is 14.9 Å². The van der Waals surface area contributed by atoms with E-state index >= 15 is 8.78 Å². The Bertz CT molecular complexity index is 2010. The monoisotopic (exact) mass is 683 g/mol. The van der Waals surface area contributed by atoms with E-state index in [0.29, 0.717) is 23.5 Å². The van der Waals surface area contributed by atoms with Gasteiger partial charge in [0.15, 0.2) is 5.82 Å². The molecule has 0 saturated carbocycles. The number of nitrogens with one attached hydrogen (secondary N) is 1. The fraction of sp³-hybridized carbons (Fsp3) is 0.364. The van der Waals surface area contributed by atoms with Crippen molar-refractivity contribution in [2.45, 2.75) is 59.1 Å². The van der Waals surface area contributed by atoms with Crippen molar-refractivity contribution in [2.75, 3.05) is 25.4 Å². The average Bonchev–Trinajstić information content (AvgIpc) is 2.99. The van der Waals surface area contributed by atoms with E-state index < -0.39 is 51.2 Å². The lowest BCUT2D eigenvalue weighted by atomic mass is 9.94. The first-order chi connectivity index (χ1) is 22.1. The number of hydrogen-bond acceptors (Lipinski definition) is 8. The molecule has 1 unspecified atom stereocenters. The Kier molecular flexibility index (Phi) is 9.21. The fourth-order valence-corrected chi connectivity index (χ4v) is 6.23. The Hall–Kier alpha value is -4.31. The maximum Gasteiger partial charge on any atom is 0.410 e. The summed E-state index contributed by atoms with van der Waals surface area (Å²) >= 11 is 12.3. The predicted molar refractivity (Wildman–Crippen MR) is 177 cm³/mol. The number of benzene rings is 1. The number of aromatic nitrogens is 3. The van der Waals surface area contributed by atoms with Crippen molar-refractivity contribution >= 4 is 46.0 Å². The van der Waals surface area contributed by atoms with Crippen molar-refractivity contribution in [3.63, 3.8) is 0 Å². The highest BCUT2D eigenvalue weighted by molar-refractivity contribution is 6.37. The highest BCUT2D eigenvalue weighted by Gasteiger charge is 2.37. The Balaban J connectivity index is 1.97. The Morgan fingerprint density at radius 2 is 1.94 bits per heavy atom. The number of nitriles is 1. The zero-order valence-electron chi connectivity index (χ0n) is 26.6. The summed E-state index contributed by atoms with van der Waals surface area (Å²) in [4.78, 5) is 38.5. The summed E-state index contributed by atoms with van der Waals surface area (Å²) in [6, 6.07) is 4.91. The largest absolute Gasteiger partial charge is 0.444 e. The number of ether oxygens (including phenoxy) is 1.